The molecule has 2 heterocycles. The topological polar surface area (TPSA) is 59.0 Å². The van der Waals surface area contributed by atoms with E-state index >= 15 is 0 Å². The van der Waals surface area contributed by atoms with Crippen LogP contribution in [0.25, 0.3) is 11.6 Å². The highest BCUT2D eigenvalue weighted by Gasteiger charge is 2.36. The molecule has 0 aliphatic carbocycles. The van der Waals surface area contributed by atoms with Crippen LogP contribution in [-0.4, -0.2) is 21.7 Å². The van der Waals surface area contributed by atoms with Gasteiger partial charge >= 0.3 is 0 Å². The molecule has 1 amide bonds. The van der Waals surface area contributed by atoms with E-state index in [1.165, 1.54) is 5.56 Å². The molecular weight excluding hydrogens is 420 g/mol. The van der Waals surface area contributed by atoms with Crippen molar-refractivity contribution in [3.8, 4) is 0 Å². The van der Waals surface area contributed by atoms with E-state index in [1.54, 1.807) is 6.20 Å². The zero-order chi connectivity index (χ0) is 24.3. The summed E-state index contributed by atoms with van der Waals surface area (Å²) in [6.45, 7) is 12.7. The van der Waals surface area contributed by atoms with Gasteiger partial charge in [-0.25, -0.2) is 4.68 Å². The molecule has 0 saturated heterocycles. The number of allylic oxidation sites excluding steroid dienone is 1. The van der Waals surface area contributed by atoms with Crippen molar-refractivity contribution < 1.29 is 4.79 Å². The highest BCUT2D eigenvalue weighted by Crippen LogP contribution is 2.40. The number of anilines is 1. The lowest BCUT2D eigenvalue weighted by molar-refractivity contribution is 0.0945. The van der Waals surface area contributed by atoms with Gasteiger partial charge in [-0.1, -0.05) is 80.3 Å². The average Bonchev–Trinajstić information content (AvgIpc) is 3.28. The Bertz CT molecular complexity index is 1210. The maximum absolute atomic E-state index is 13.5. The number of hydrogen-bond donors (Lipinski definition) is 2. The minimum atomic E-state index is -0.223. The quantitative estimate of drug-likeness (QED) is 0.432. The molecule has 0 spiro atoms. The number of carbonyl (C=O) groups is 1. The normalized spacial score (nSPS) is 17.6. The Morgan fingerprint density at radius 3 is 2.62 bits per heavy atom. The van der Waals surface area contributed by atoms with Gasteiger partial charge in [0, 0.05) is 0 Å². The second-order valence-corrected chi connectivity index (χ2v) is 9.49. The summed E-state index contributed by atoms with van der Waals surface area (Å²) in [5, 5.41) is 11.4. The largest absolute Gasteiger partial charge is 0.363 e. The minimum Gasteiger partial charge on any atom is -0.363 e. The van der Waals surface area contributed by atoms with Gasteiger partial charge in [0.2, 0.25) is 0 Å². The van der Waals surface area contributed by atoms with E-state index in [2.05, 4.69) is 73.4 Å². The number of aromatic nitrogens is 2. The van der Waals surface area contributed by atoms with Crippen molar-refractivity contribution in [1.29, 1.82) is 0 Å². The molecule has 1 aromatic heterocycles. The molecule has 34 heavy (non-hydrogen) atoms. The van der Waals surface area contributed by atoms with Crippen molar-refractivity contribution in [2.24, 2.45) is 0 Å². The average molecular weight is 455 g/mol. The van der Waals surface area contributed by atoms with Crippen LogP contribution in [0.1, 0.15) is 73.6 Å². The SMILES string of the molecule is C=C(c1ccccc1/C=C\C)C(CC)NC(=O)c1cnn2c1NC(c1ccccc1)CC2(C)C. The Morgan fingerprint density at radius 1 is 1.21 bits per heavy atom. The van der Waals surface area contributed by atoms with Crippen molar-refractivity contribution in [2.75, 3.05) is 5.32 Å². The van der Waals surface area contributed by atoms with Crippen LogP contribution in [0.4, 0.5) is 5.82 Å². The van der Waals surface area contributed by atoms with E-state index < -0.39 is 0 Å². The number of nitrogens with zero attached hydrogens (tertiary/aromatic N) is 2. The lowest BCUT2D eigenvalue weighted by Crippen LogP contribution is -2.39. The monoisotopic (exact) mass is 454 g/mol. The van der Waals surface area contributed by atoms with Crippen molar-refractivity contribution in [2.45, 2.75) is 58.2 Å². The van der Waals surface area contributed by atoms with Gasteiger partial charge in [-0.3, -0.25) is 4.79 Å². The number of hydrogen-bond acceptors (Lipinski definition) is 3. The molecule has 2 N–H and O–H groups in total. The van der Waals surface area contributed by atoms with Crippen molar-refractivity contribution in [3.63, 3.8) is 0 Å². The van der Waals surface area contributed by atoms with E-state index in [-0.39, 0.29) is 23.5 Å². The summed E-state index contributed by atoms with van der Waals surface area (Å²) < 4.78 is 1.94. The molecular formula is C29H34N4O. The van der Waals surface area contributed by atoms with Gasteiger partial charge in [-0.15, -0.1) is 0 Å². The fraction of sp³-hybridized carbons (Fsp3) is 0.310. The lowest BCUT2D eigenvalue weighted by Gasteiger charge is -2.38. The fourth-order valence-corrected chi connectivity index (χ4v) is 4.77. The predicted molar refractivity (Wildman–Crippen MR) is 141 cm³/mol. The number of benzene rings is 2. The zero-order valence-electron chi connectivity index (χ0n) is 20.5. The van der Waals surface area contributed by atoms with E-state index in [1.807, 2.05) is 48.0 Å². The van der Waals surface area contributed by atoms with Crippen LogP contribution in [-0.2, 0) is 5.54 Å². The summed E-state index contributed by atoms with van der Waals surface area (Å²) in [4.78, 5) is 13.5. The standard InChI is InChI=1S/C29H34N4O/c1-6-13-21-14-11-12-17-23(21)20(3)25(7-2)32-28(34)24-19-30-33-27(24)31-26(18-29(33,4)5)22-15-9-8-10-16-22/h6,8-17,19,25-26,31H,3,7,18H2,1-2,4-5H3,(H,32,34)/b13-6-. The maximum atomic E-state index is 13.5. The highest BCUT2D eigenvalue weighted by atomic mass is 16.1. The molecule has 5 nitrogen and oxygen atoms in total. The lowest BCUT2D eigenvalue weighted by atomic mass is 9.89. The number of rotatable bonds is 7. The van der Waals surface area contributed by atoms with Crippen molar-refractivity contribution in [3.05, 3.63) is 95.7 Å². The summed E-state index contributed by atoms with van der Waals surface area (Å²) in [6, 6.07) is 18.4. The van der Waals surface area contributed by atoms with Gasteiger partial charge in [0.05, 0.1) is 23.8 Å². The molecule has 4 rings (SSSR count). The Hall–Kier alpha value is -3.60. The van der Waals surface area contributed by atoms with Crippen LogP contribution in [0.3, 0.4) is 0 Å². The number of carbonyl (C=O) groups excluding carboxylic acids is 1. The third-order valence-electron chi connectivity index (χ3n) is 6.59. The predicted octanol–water partition coefficient (Wildman–Crippen LogP) is 6.43. The first kappa shape index (κ1) is 23.6. The van der Waals surface area contributed by atoms with E-state index in [0.717, 1.165) is 35.4 Å². The second kappa shape index (κ2) is 9.72. The second-order valence-electron chi connectivity index (χ2n) is 9.49. The molecule has 2 atom stereocenters. The summed E-state index contributed by atoms with van der Waals surface area (Å²) in [5.41, 5.74) is 4.59. The van der Waals surface area contributed by atoms with Crippen molar-refractivity contribution >= 4 is 23.4 Å². The fourth-order valence-electron chi connectivity index (χ4n) is 4.77. The van der Waals surface area contributed by atoms with Gasteiger partial charge in [0.1, 0.15) is 11.4 Å². The third-order valence-corrected chi connectivity index (χ3v) is 6.59. The molecule has 2 unspecified atom stereocenters. The van der Waals surface area contributed by atoms with E-state index in [4.69, 9.17) is 0 Å². The Balaban J connectivity index is 1.60. The summed E-state index contributed by atoms with van der Waals surface area (Å²) >= 11 is 0. The third kappa shape index (κ3) is 4.56. The Labute approximate surface area is 202 Å². The van der Waals surface area contributed by atoms with Crippen LogP contribution < -0.4 is 10.6 Å². The summed E-state index contributed by atoms with van der Waals surface area (Å²) in [7, 11) is 0. The molecule has 1 aliphatic heterocycles. The molecule has 0 saturated carbocycles. The number of fused-ring (bicyclic) bond motifs is 1. The minimum absolute atomic E-state index is 0.108. The Morgan fingerprint density at radius 2 is 1.91 bits per heavy atom. The van der Waals surface area contributed by atoms with Crippen LogP contribution in [0.15, 0.2) is 73.4 Å². The van der Waals surface area contributed by atoms with E-state index in [0.29, 0.717) is 5.56 Å². The molecule has 5 heteroatoms. The zero-order valence-corrected chi connectivity index (χ0v) is 20.5. The van der Waals surface area contributed by atoms with Gasteiger partial charge < -0.3 is 10.6 Å². The van der Waals surface area contributed by atoms with Crippen molar-refractivity contribution in [1.82, 2.24) is 15.1 Å². The highest BCUT2D eigenvalue weighted by molar-refractivity contribution is 6.00. The van der Waals surface area contributed by atoms with Crippen LogP contribution in [0, 0.1) is 0 Å². The molecule has 2 aromatic carbocycles. The first-order chi connectivity index (χ1) is 16.4. The van der Waals surface area contributed by atoms with Gasteiger partial charge in [0.15, 0.2) is 0 Å². The van der Waals surface area contributed by atoms with Gasteiger partial charge in [-0.05, 0) is 55.9 Å². The smallest absolute Gasteiger partial charge is 0.257 e. The van der Waals surface area contributed by atoms with E-state index in [9.17, 15) is 4.79 Å². The summed E-state index contributed by atoms with van der Waals surface area (Å²) in [5.74, 6) is 0.618. The van der Waals surface area contributed by atoms with Gasteiger partial charge in [-0.2, -0.15) is 5.10 Å². The van der Waals surface area contributed by atoms with Crippen LogP contribution >= 0.6 is 0 Å². The maximum Gasteiger partial charge on any atom is 0.257 e. The molecule has 3 aromatic rings. The molecule has 176 valence electrons. The number of amides is 1. The molecule has 1 aliphatic rings. The molecule has 0 bridgehead atoms. The van der Waals surface area contributed by atoms with Gasteiger partial charge in [0.25, 0.3) is 5.91 Å². The van der Waals surface area contributed by atoms with Crippen LogP contribution in [0.5, 0.6) is 0 Å². The first-order valence-electron chi connectivity index (χ1n) is 12.0. The molecule has 0 radical (unpaired) electrons. The number of nitrogens with one attached hydrogen (secondary N) is 2. The summed E-state index contributed by atoms with van der Waals surface area (Å²) in [6.07, 6.45) is 7.38. The molecule has 0 fully saturated rings. The Kier molecular flexibility index (Phi) is 6.73. The first-order valence-corrected chi connectivity index (χ1v) is 12.0. The van der Waals surface area contributed by atoms with Crippen LogP contribution in [0.2, 0.25) is 0 Å².